The molecule has 2 rings (SSSR count). The van der Waals surface area contributed by atoms with E-state index >= 15 is 0 Å². The van der Waals surface area contributed by atoms with E-state index in [9.17, 15) is 33.1 Å². The average molecular weight is 649 g/mol. The van der Waals surface area contributed by atoms with Crippen LogP contribution in [0.15, 0.2) is 48.5 Å². The number of benzene rings is 2. The smallest absolute Gasteiger partial charge is 0.407 e. The fraction of sp³-hybridized carbons (Fsp3) is 0.515. The van der Waals surface area contributed by atoms with Gasteiger partial charge in [0, 0.05) is 19.5 Å². The van der Waals surface area contributed by atoms with Gasteiger partial charge in [-0.3, -0.25) is 9.59 Å². The van der Waals surface area contributed by atoms with Crippen LogP contribution in [0.2, 0.25) is 0 Å². The van der Waals surface area contributed by atoms with Gasteiger partial charge in [-0.05, 0) is 90.1 Å². The zero-order valence-electron chi connectivity index (χ0n) is 27.2. The van der Waals surface area contributed by atoms with Crippen molar-refractivity contribution >= 4 is 24.0 Å². The van der Waals surface area contributed by atoms with Gasteiger partial charge in [0.15, 0.2) is 6.10 Å². The minimum absolute atomic E-state index is 0.0169. The zero-order chi connectivity index (χ0) is 34.5. The molecule has 46 heavy (non-hydrogen) atoms. The number of aliphatic hydroxyl groups excluding tert-OH is 1. The first-order valence-corrected chi connectivity index (χ1v) is 15.1. The molecule has 0 radical (unpaired) electrons. The molecule has 13 heteroatoms. The van der Waals surface area contributed by atoms with Gasteiger partial charge < -0.3 is 35.8 Å². The molecule has 5 N–H and O–H groups in total. The van der Waals surface area contributed by atoms with Gasteiger partial charge in [-0.2, -0.15) is 0 Å². The number of hydrogen-bond acceptors (Lipinski definition) is 7. The number of aliphatic hydroxyl groups is 1. The van der Waals surface area contributed by atoms with Crippen molar-refractivity contribution in [2.75, 3.05) is 13.1 Å². The Bertz CT molecular complexity index is 1310. The first kappa shape index (κ1) is 37.9. The minimum Gasteiger partial charge on any atom is -0.444 e. The fourth-order valence-electron chi connectivity index (χ4n) is 4.26. The van der Waals surface area contributed by atoms with E-state index in [0.29, 0.717) is 0 Å². The van der Waals surface area contributed by atoms with Crippen LogP contribution in [0.5, 0.6) is 0 Å². The van der Waals surface area contributed by atoms with Gasteiger partial charge in [-0.15, -0.1) is 0 Å². The van der Waals surface area contributed by atoms with Gasteiger partial charge in [-0.1, -0.05) is 30.3 Å². The monoisotopic (exact) mass is 648 g/mol. The third-order valence-corrected chi connectivity index (χ3v) is 6.27. The van der Waals surface area contributed by atoms with Crippen LogP contribution in [-0.2, 0) is 31.9 Å². The third-order valence-electron chi connectivity index (χ3n) is 6.27. The van der Waals surface area contributed by atoms with E-state index in [1.54, 1.807) is 65.8 Å². The number of nitrogens with one attached hydrogen (secondary N) is 4. The lowest BCUT2D eigenvalue weighted by Gasteiger charge is -2.26. The molecule has 254 valence electrons. The highest BCUT2D eigenvalue weighted by molar-refractivity contribution is 5.82. The Balaban J connectivity index is 1.91. The maximum absolute atomic E-state index is 14.3. The summed E-state index contributed by atoms with van der Waals surface area (Å²) < 4.78 is 38.5. The van der Waals surface area contributed by atoms with Gasteiger partial charge >= 0.3 is 12.2 Å². The molecule has 0 fully saturated rings. The van der Waals surface area contributed by atoms with E-state index < -0.39 is 65.0 Å². The molecule has 3 unspecified atom stereocenters. The topological polar surface area (TPSA) is 155 Å². The molecule has 0 spiro atoms. The highest BCUT2D eigenvalue weighted by Crippen LogP contribution is 2.14. The molecule has 2 aromatic carbocycles. The Hall–Kier alpha value is -4.26. The van der Waals surface area contributed by atoms with E-state index in [4.69, 9.17) is 9.47 Å². The Morgan fingerprint density at radius 2 is 1.43 bits per heavy atom. The maximum atomic E-state index is 14.3. The van der Waals surface area contributed by atoms with E-state index in [0.717, 1.165) is 23.8 Å². The van der Waals surface area contributed by atoms with Crippen LogP contribution in [0.1, 0.15) is 65.5 Å². The van der Waals surface area contributed by atoms with Crippen LogP contribution in [-0.4, -0.2) is 71.6 Å². The number of amides is 4. The van der Waals surface area contributed by atoms with Crippen LogP contribution in [0.4, 0.5) is 18.4 Å². The van der Waals surface area contributed by atoms with Crippen LogP contribution < -0.4 is 21.3 Å². The molecular weight excluding hydrogens is 602 g/mol. The molecule has 0 heterocycles. The van der Waals surface area contributed by atoms with Crippen molar-refractivity contribution in [3.05, 3.63) is 71.3 Å². The Morgan fingerprint density at radius 1 is 0.826 bits per heavy atom. The summed E-state index contributed by atoms with van der Waals surface area (Å²) in [5.41, 5.74) is -0.778. The van der Waals surface area contributed by atoms with Crippen LogP contribution >= 0.6 is 0 Å². The first-order valence-electron chi connectivity index (χ1n) is 15.1. The van der Waals surface area contributed by atoms with E-state index in [2.05, 4.69) is 21.3 Å². The molecular formula is C33H46F2N4O7. The molecule has 0 aliphatic rings. The fourth-order valence-corrected chi connectivity index (χ4v) is 4.26. The quantitative estimate of drug-likeness (QED) is 0.195. The van der Waals surface area contributed by atoms with Gasteiger partial charge in [0.1, 0.15) is 22.8 Å². The molecule has 0 saturated heterocycles. The SMILES string of the molecule is CC(C)(C)OC(=O)NC(CNC(=O)CCCNC(=O)C(O)C(Cc1ccccc1)NC(=O)OC(C)(C)C)Cc1cc(F)ccc1F. The molecule has 0 bridgehead atoms. The summed E-state index contributed by atoms with van der Waals surface area (Å²) >= 11 is 0. The maximum Gasteiger partial charge on any atom is 0.407 e. The van der Waals surface area contributed by atoms with Crippen molar-refractivity contribution < 1.29 is 42.5 Å². The van der Waals surface area contributed by atoms with Crippen molar-refractivity contribution in [1.29, 1.82) is 0 Å². The summed E-state index contributed by atoms with van der Waals surface area (Å²) in [5.74, 6) is -2.46. The lowest BCUT2D eigenvalue weighted by Crippen LogP contribution is -2.52. The van der Waals surface area contributed by atoms with E-state index in [-0.39, 0.29) is 44.3 Å². The second kappa shape index (κ2) is 17.4. The van der Waals surface area contributed by atoms with Crippen molar-refractivity contribution in [2.45, 2.75) is 96.6 Å². The average Bonchev–Trinajstić information content (AvgIpc) is 2.93. The number of carbonyl (C=O) groups excluding carboxylic acids is 4. The largest absolute Gasteiger partial charge is 0.444 e. The van der Waals surface area contributed by atoms with Crippen molar-refractivity contribution in [1.82, 2.24) is 21.3 Å². The van der Waals surface area contributed by atoms with Crippen molar-refractivity contribution in [2.24, 2.45) is 0 Å². The van der Waals surface area contributed by atoms with Gasteiger partial charge in [-0.25, -0.2) is 18.4 Å². The molecule has 4 amide bonds. The third kappa shape index (κ3) is 15.2. The Kier molecular flexibility index (Phi) is 14.4. The van der Waals surface area contributed by atoms with Gasteiger partial charge in [0.25, 0.3) is 5.91 Å². The normalized spacial score (nSPS) is 13.5. The van der Waals surface area contributed by atoms with E-state index in [1.807, 2.05) is 6.07 Å². The first-order chi connectivity index (χ1) is 21.4. The zero-order valence-corrected chi connectivity index (χ0v) is 27.2. The predicted molar refractivity (Wildman–Crippen MR) is 168 cm³/mol. The second-order valence-electron chi connectivity index (χ2n) is 12.9. The number of carbonyl (C=O) groups is 4. The lowest BCUT2D eigenvalue weighted by atomic mass is 10.0. The number of rotatable bonds is 14. The van der Waals surface area contributed by atoms with Crippen LogP contribution in [0.25, 0.3) is 0 Å². The molecule has 0 aromatic heterocycles. The highest BCUT2D eigenvalue weighted by atomic mass is 19.1. The summed E-state index contributed by atoms with van der Waals surface area (Å²) in [6, 6.07) is 10.2. The highest BCUT2D eigenvalue weighted by Gasteiger charge is 2.30. The van der Waals surface area contributed by atoms with Crippen molar-refractivity contribution in [3.8, 4) is 0 Å². The standard InChI is InChI=1S/C33H46F2N4O7/c1-32(2,3)45-30(43)38-24(19-22-18-23(34)14-15-25(22)35)20-37-27(40)13-10-16-36-29(42)28(41)26(17-21-11-8-7-9-12-21)39-31(44)46-33(4,5)6/h7-9,11-12,14-15,18,24,26,28,41H,10,13,16-17,19-20H2,1-6H3,(H,36,42)(H,37,40)(H,38,43)(H,39,44). The summed E-state index contributed by atoms with van der Waals surface area (Å²) in [6.45, 7) is 10.1. The number of alkyl carbamates (subject to hydrolysis) is 2. The molecule has 0 aliphatic heterocycles. The number of ether oxygens (including phenoxy) is 2. The molecule has 0 aliphatic carbocycles. The van der Waals surface area contributed by atoms with Crippen LogP contribution in [0, 0.1) is 11.6 Å². The number of hydrogen-bond donors (Lipinski definition) is 5. The van der Waals surface area contributed by atoms with Crippen LogP contribution in [0.3, 0.4) is 0 Å². The van der Waals surface area contributed by atoms with Gasteiger partial charge in [0.2, 0.25) is 5.91 Å². The lowest BCUT2D eigenvalue weighted by molar-refractivity contribution is -0.131. The Morgan fingerprint density at radius 3 is 2.04 bits per heavy atom. The molecule has 11 nitrogen and oxygen atoms in total. The summed E-state index contributed by atoms with van der Waals surface area (Å²) in [4.78, 5) is 50.1. The molecule has 0 saturated carbocycles. The molecule has 2 aromatic rings. The second-order valence-corrected chi connectivity index (χ2v) is 12.9. The Labute approximate surface area is 268 Å². The minimum atomic E-state index is -1.61. The van der Waals surface area contributed by atoms with Crippen molar-refractivity contribution in [3.63, 3.8) is 0 Å². The summed E-state index contributed by atoms with van der Waals surface area (Å²) in [5, 5.41) is 21.2. The summed E-state index contributed by atoms with van der Waals surface area (Å²) in [7, 11) is 0. The molecule has 3 atom stereocenters. The number of halogens is 2. The van der Waals surface area contributed by atoms with Gasteiger partial charge in [0.05, 0.1) is 12.1 Å². The summed E-state index contributed by atoms with van der Waals surface area (Å²) in [6.07, 6.45) is -2.94. The predicted octanol–water partition coefficient (Wildman–Crippen LogP) is 3.91. The van der Waals surface area contributed by atoms with E-state index in [1.165, 1.54) is 0 Å².